The Morgan fingerprint density at radius 1 is 1.02 bits per heavy atom. The molecule has 2 unspecified atom stereocenters. The number of amides is 2. The minimum absolute atomic E-state index is 0.145. The lowest BCUT2D eigenvalue weighted by molar-refractivity contribution is -0.123. The van der Waals surface area contributed by atoms with E-state index in [0.717, 1.165) is 22.2 Å². The number of para-hydroxylation sites is 2. The molecule has 1 heterocycles. The van der Waals surface area contributed by atoms with E-state index in [4.69, 9.17) is 14.2 Å². The van der Waals surface area contributed by atoms with Gasteiger partial charge in [0.1, 0.15) is 11.9 Å². The van der Waals surface area contributed by atoms with E-state index in [9.17, 15) is 14.4 Å². The molecule has 11 nitrogen and oxygen atoms in total. The van der Waals surface area contributed by atoms with Crippen LogP contribution in [-0.4, -0.2) is 49.2 Å². The van der Waals surface area contributed by atoms with E-state index in [0.29, 0.717) is 47.0 Å². The zero-order valence-electron chi connectivity index (χ0n) is 26.4. The lowest BCUT2D eigenvalue weighted by atomic mass is 9.95. The molecule has 3 aromatic carbocycles. The maximum Gasteiger partial charge on any atom is 0.243 e. The van der Waals surface area contributed by atoms with Gasteiger partial charge in [-0.2, -0.15) is 0 Å². The fraction of sp³-hybridized carbons (Fsp3) is 0.353. The molecule has 236 valence electrons. The van der Waals surface area contributed by atoms with E-state index in [-0.39, 0.29) is 35.4 Å². The molecule has 45 heavy (non-hydrogen) atoms. The van der Waals surface area contributed by atoms with Crippen LogP contribution < -0.4 is 35.6 Å². The third-order valence-corrected chi connectivity index (χ3v) is 8.04. The molecule has 0 saturated heterocycles. The number of carbonyl (C=O) groups is 2. The zero-order valence-corrected chi connectivity index (χ0v) is 26.4. The fourth-order valence-electron chi connectivity index (χ4n) is 5.90. The Morgan fingerprint density at radius 2 is 1.78 bits per heavy atom. The summed E-state index contributed by atoms with van der Waals surface area (Å²) >= 11 is 0. The van der Waals surface area contributed by atoms with Crippen LogP contribution in [-0.2, 0) is 22.6 Å². The van der Waals surface area contributed by atoms with Gasteiger partial charge in [-0.3, -0.25) is 14.4 Å². The van der Waals surface area contributed by atoms with Crippen LogP contribution in [0.5, 0.6) is 17.2 Å². The Bertz CT molecular complexity index is 1770. The van der Waals surface area contributed by atoms with Crippen LogP contribution in [0.2, 0.25) is 0 Å². The first-order chi connectivity index (χ1) is 21.6. The van der Waals surface area contributed by atoms with E-state index in [1.807, 2.05) is 50.2 Å². The summed E-state index contributed by atoms with van der Waals surface area (Å²) < 4.78 is 17.1. The average molecular weight is 614 g/mol. The van der Waals surface area contributed by atoms with Gasteiger partial charge in [-0.15, -0.1) is 0 Å². The lowest BCUT2D eigenvalue weighted by Crippen LogP contribution is -2.43. The second-order valence-electron chi connectivity index (χ2n) is 11.4. The number of carbonyl (C=O) groups excluding carboxylic acids is 2. The van der Waals surface area contributed by atoms with Crippen LogP contribution in [0, 0.1) is 5.92 Å². The van der Waals surface area contributed by atoms with Gasteiger partial charge in [-0.25, -0.2) is 4.98 Å². The van der Waals surface area contributed by atoms with Crippen LogP contribution in [0.4, 0.5) is 5.69 Å². The smallest absolute Gasteiger partial charge is 0.243 e. The molecule has 0 radical (unpaired) electrons. The number of benzene rings is 2. The average Bonchev–Trinajstić information content (AvgIpc) is 3.30. The second kappa shape index (κ2) is 13.3. The number of methoxy groups -OCH3 is 3. The number of H-pyrrole nitrogens is 1. The minimum Gasteiger partial charge on any atom is -0.493 e. The number of aromatic nitrogens is 2. The predicted molar refractivity (Wildman–Crippen MR) is 173 cm³/mol. The van der Waals surface area contributed by atoms with Crippen molar-refractivity contribution in [1.82, 2.24) is 20.6 Å². The van der Waals surface area contributed by atoms with Crippen LogP contribution in [0.15, 0.2) is 53.3 Å². The first-order valence-electron chi connectivity index (χ1n) is 14.9. The van der Waals surface area contributed by atoms with Crippen LogP contribution in [0.3, 0.4) is 0 Å². The molecular formula is C34H39N5O6. The Morgan fingerprint density at radius 3 is 2.44 bits per heavy atom. The minimum atomic E-state index is -0.707. The van der Waals surface area contributed by atoms with E-state index in [2.05, 4.69) is 25.9 Å². The number of nitrogens with one attached hydrogen (secondary N) is 4. The summed E-state index contributed by atoms with van der Waals surface area (Å²) in [6.45, 7) is 5.48. The van der Waals surface area contributed by atoms with Crippen molar-refractivity contribution in [2.24, 2.45) is 5.92 Å². The molecule has 0 saturated carbocycles. The van der Waals surface area contributed by atoms with Crippen molar-refractivity contribution in [2.75, 3.05) is 26.6 Å². The highest BCUT2D eigenvalue weighted by atomic mass is 16.5. The third kappa shape index (κ3) is 6.43. The molecular weight excluding hydrogens is 574 g/mol. The number of ether oxygens (including phenoxy) is 3. The van der Waals surface area contributed by atoms with E-state index >= 15 is 0 Å². The molecule has 0 bridgehead atoms. The molecule has 1 aromatic heterocycles. The quantitative estimate of drug-likeness (QED) is 0.205. The summed E-state index contributed by atoms with van der Waals surface area (Å²) in [6.07, 6.45) is 1.14. The molecule has 1 aliphatic carbocycles. The number of hydrogen-bond acceptors (Lipinski definition) is 8. The van der Waals surface area contributed by atoms with Crippen molar-refractivity contribution in [3.8, 4) is 28.4 Å². The SMILES string of the molecule is COc1cc2c(c(OC)c1OC)-c1ccc(NC(C(=O)NCc3nc4ccccc4[nH]3)C(C)C)c(=O)cc1C(NC(C)=O)CC2. The number of aromatic amines is 1. The van der Waals surface area contributed by atoms with Crippen molar-refractivity contribution < 1.29 is 23.8 Å². The highest BCUT2D eigenvalue weighted by Crippen LogP contribution is 2.50. The maximum absolute atomic E-state index is 13.8. The van der Waals surface area contributed by atoms with E-state index < -0.39 is 12.1 Å². The highest BCUT2D eigenvalue weighted by Gasteiger charge is 2.30. The summed E-state index contributed by atoms with van der Waals surface area (Å²) in [5.41, 5.74) is 4.68. The number of nitrogens with zero attached hydrogens (tertiary/aromatic N) is 1. The molecule has 0 spiro atoms. The monoisotopic (exact) mass is 613 g/mol. The summed E-state index contributed by atoms with van der Waals surface area (Å²) in [5, 5.41) is 9.16. The Labute approximate surface area is 261 Å². The zero-order chi connectivity index (χ0) is 32.2. The largest absolute Gasteiger partial charge is 0.493 e. The number of hydrogen-bond donors (Lipinski definition) is 4. The van der Waals surface area contributed by atoms with Gasteiger partial charge >= 0.3 is 0 Å². The van der Waals surface area contributed by atoms with Crippen molar-refractivity contribution in [1.29, 1.82) is 0 Å². The molecule has 2 amide bonds. The first kappa shape index (κ1) is 31.4. The maximum atomic E-state index is 13.8. The molecule has 4 aromatic rings. The number of rotatable bonds is 10. The lowest BCUT2D eigenvalue weighted by Gasteiger charge is -2.22. The summed E-state index contributed by atoms with van der Waals surface area (Å²) in [6, 6.07) is 13.5. The van der Waals surface area contributed by atoms with Gasteiger partial charge in [0.05, 0.1) is 50.6 Å². The van der Waals surface area contributed by atoms with Gasteiger partial charge < -0.3 is 35.1 Å². The summed E-state index contributed by atoms with van der Waals surface area (Å²) in [7, 11) is 4.66. The number of anilines is 1. The molecule has 11 heteroatoms. The van der Waals surface area contributed by atoms with Crippen LogP contribution in [0.25, 0.3) is 22.2 Å². The molecule has 0 fully saturated rings. The van der Waals surface area contributed by atoms with Crippen LogP contribution in [0.1, 0.15) is 50.2 Å². The van der Waals surface area contributed by atoms with Gasteiger partial charge in [0.25, 0.3) is 0 Å². The van der Waals surface area contributed by atoms with Gasteiger partial charge in [0, 0.05) is 12.5 Å². The number of aryl methyl sites for hydroxylation is 1. The molecule has 5 rings (SSSR count). The van der Waals surface area contributed by atoms with Crippen molar-refractivity contribution in [3.63, 3.8) is 0 Å². The Hall–Kier alpha value is -5.06. The molecule has 1 aliphatic rings. The number of imidazole rings is 1. The highest BCUT2D eigenvalue weighted by molar-refractivity contribution is 5.86. The Balaban J connectivity index is 1.53. The van der Waals surface area contributed by atoms with Crippen LogP contribution >= 0.6 is 0 Å². The van der Waals surface area contributed by atoms with Crippen molar-refractivity contribution in [2.45, 2.75) is 52.2 Å². The normalized spacial score (nSPS) is 14.5. The Kier molecular flexibility index (Phi) is 9.26. The fourth-order valence-corrected chi connectivity index (χ4v) is 5.90. The molecule has 4 N–H and O–H groups in total. The summed E-state index contributed by atoms with van der Waals surface area (Å²) in [5.74, 6) is 1.43. The van der Waals surface area contributed by atoms with Crippen molar-refractivity contribution in [3.05, 3.63) is 75.7 Å². The summed E-state index contributed by atoms with van der Waals surface area (Å²) in [4.78, 5) is 47.2. The second-order valence-corrected chi connectivity index (χ2v) is 11.4. The van der Waals surface area contributed by atoms with Gasteiger partial charge in [-0.05, 0) is 65.8 Å². The first-order valence-corrected chi connectivity index (χ1v) is 14.9. The third-order valence-electron chi connectivity index (χ3n) is 8.04. The van der Waals surface area contributed by atoms with Gasteiger partial charge in [-0.1, -0.05) is 32.0 Å². The number of fused-ring (bicyclic) bond motifs is 4. The molecule has 2 atom stereocenters. The predicted octanol–water partition coefficient (Wildman–Crippen LogP) is 4.49. The van der Waals surface area contributed by atoms with E-state index in [1.54, 1.807) is 27.4 Å². The standard InChI is InChI=1S/C34H39N5O6/c1-18(2)31(34(42)35-17-29-37-24-9-7-8-10-25(24)38-29)39-26-14-12-21-22(16-27(26)41)23(36-19(3)40)13-11-20-15-28(43-4)32(44-5)33(45-6)30(20)21/h7-10,12,14-16,18,23,31H,11,13,17H2,1-6H3,(H,35,42)(H,36,40)(H,37,38)(H,39,41). The van der Waals surface area contributed by atoms with Gasteiger partial charge in [0.2, 0.25) is 23.0 Å². The van der Waals surface area contributed by atoms with E-state index in [1.165, 1.54) is 13.0 Å². The van der Waals surface area contributed by atoms with Crippen molar-refractivity contribution >= 4 is 28.5 Å². The topological polar surface area (TPSA) is 144 Å². The molecule has 0 aliphatic heterocycles. The van der Waals surface area contributed by atoms with Gasteiger partial charge in [0.15, 0.2) is 11.5 Å².